The van der Waals surface area contributed by atoms with Crippen molar-refractivity contribution in [3.63, 3.8) is 0 Å². The Kier molecular flexibility index (Phi) is 7.27. The summed E-state index contributed by atoms with van der Waals surface area (Å²) in [6, 6.07) is 5.77. The Hall–Kier alpha value is -2.94. The van der Waals surface area contributed by atoms with Crippen LogP contribution in [0.2, 0.25) is 0 Å². The van der Waals surface area contributed by atoms with Gasteiger partial charge in [-0.05, 0) is 52.1 Å². The minimum Gasteiger partial charge on any atom is -0.444 e. The van der Waals surface area contributed by atoms with Gasteiger partial charge in [0.1, 0.15) is 5.60 Å². The number of rotatable bonds is 3. The lowest BCUT2D eigenvalue weighted by Crippen LogP contribution is -2.32. The Bertz CT molecular complexity index is 663. The Morgan fingerprint density at radius 3 is 2.00 bits per heavy atom. The maximum absolute atomic E-state index is 11.9. The predicted octanol–water partition coefficient (Wildman–Crippen LogP) is 1.83. The van der Waals surface area contributed by atoms with Crippen molar-refractivity contribution >= 4 is 29.6 Å². The van der Waals surface area contributed by atoms with Crippen molar-refractivity contribution in [3.8, 4) is 0 Å². The number of ether oxygens (including phenoxy) is 1. The molecule has 3 amide bonds. The lowest BCUT2D eigenvalue weighted by Gasteiger charge is -2.19. The average molecular weight is 365 g/mol. The van der Waals surface area contributed by atoms with Gasteiger partial charge in [-0.25, -0.2) is 9.59 Å². The van der Waals surface area contributed by atoms with Gasteiger partial charge in [0.15, 0.2) is 0 Å². The van der Waals surface area contributed by atoms with Gasteiger partial charge in [0.2, 0.25) is 0 Å². The van der Waals surface area contributed by atoms with E-state index in [1.807, 2.05) is 0 Å². The molecule has 1 aliphatic heterocycles. The highest BCUT2D eigenvalue weighted by atomic mass is 16.7. The van der Waals surface area contributed by atoms with Crippen LogP contribution in [0, 0.1) is 0 Å². The van der Waals surface area contributed by atoms with Crippen molar-refractivity contribution < 1.29 is 28.8 Å². The van der Waals surface area contributed by atoms with Crippen LogP contribution in [0.5, 0.6) is 0 Å². The Morgan fingerprint density at radius 1 is 1.04 bits per heavy atom. The number of imide groups is 1. The van der Waals surface area contributed by atoms with Crippen molar-refractivity contribution in [1.82, 2.24) is 5.06 Å². The van der Waals surface area contributed by atoms with E-state index in [0.29, 0.717) is 10.8 Å². The molecule has 1 fully saturated rings. The fourth-order valence-corrected chi connectivity index (χ4v) is 1.90. The summed E-state index contributed by atoms with van der Waals surface area (Å²) >= 11 is 0. The van der Waals surface area contributed by atoms with E-state index in [1.165, 1.54) is 31.3 Å². The summed E-state index contributed by atoms with van der Waals surface area (Å²) in [6.07, 6.45) is -0.554. The molecule has 1 heterocycles. The number of nitrogens with one attached hydrogen (secondary N) is 1. The van der Waals surface area contributed by atoms with Crippen molar-refractivity contribution in [1.29, 1.82) is 0 Å². The van der Waals surface area contributed by atoms with E-state index in [4.69, 9.17) is 9.57 Å². The summed E-state index contributed by atoms with van der Waals surface area (Å²) in [7, 11) is 1.50. The molecule has 0 atom stereocenters. The van der Waals surface area contributed by atoms with Crippen molar-refractivity contribution in [2.24, 2.45) is 5.73 Å². The van der Waals surface area contributed by atoms with Gasteiger partial charge in [0.05, 0.1) is 5.56 Å². The van der Waals surface area contributed by atoms with Crippen molar-refractivity contribution in [2.75, 3.05) is 12.4 Å². The van der Waals surface area contributed by atoms with Crippen LogP contribution in [-0.4, -0.2) is 41.6 Å². The highest BCUT2D eigenvalue weighted by Gasteiger charge is 2.33. The fraction of sp³-hybridized carbons (Fsp3) is 0.412. The highest BCUT2D eigenvalue weighted by Crippen LogP contribution is 2.16. The fourth-order valence-electron chi connectivity index (χ4n) is 1.90. The molecule has 2 rings (SSSR count). The number of nitrogens with zero attached hydrogens (tertiary/aromatic N) is 1. The lowest BCUT2D eigenvalue weighted by atomic mass is 10.2. The summed E-state index contributed by atoms with van der Waals surface area (Å²) in [4.78, 5) is 51.2. The average Bonchev–Trinajstić information content (AvgIpc) is 2.87. The summed E-state index contributed by atoms with van der Waals surface area (Å²) in [6.45, 7) is 5.23. The largest absolute Gasteiger partial charge is 0.444 e. The minimum absolute atomic E-state index is 0.0326. The van der Waals surface area contributed by atoms with Gasteiger partial charge in [0.25, 0.3) is 11.8 Å². The van der Waals surface area contributed by atoms with Crippen LogP contribution in [0.15, 0.2) is 24.3 Å². The number of carbonyl (C=O) groups excluding carboxylic acids is 4. The summed E-state index contributed by atoms with van der Waals surface area (Å²) in [5.41, 5.74) is 4.44. The van der Waals surface area contributed by atoms with E-state index < -0.39 is 29.5 Å². The van der Waals surface area contributed by atoms with Crippen molar-refractivity contribution in [3.05, 3.63) is 29.8 Å². The maximum atomic E-state index is 11.9. The first-order valence-corrected chi connectivity index (χ1v) is 7.91. The number of anilines is 1. The molecule has 1 saturated heterocycles. The molecule has 0 radical (unpaired) electrons. The van der Waals surface area contributed by atoms with E-state index in [1.54, 1.807) is 20.8 Å². The molecular weight excluding hydrogens is 342 g/mol. The smallest absolute Gasteiger partial charge is 0.412 e. The summed E-state index contributed by atoms with van der Waals surface area (Å²) in [5.74, 6) is -1.92. The van der Waals surface area contributed by atoms with E-state index in [0.717, 1.165) is 0 Å². The molecule has 0 spiro atoms. The zero-order valence-corrected chi connectivity index (χ0v) is 15.2. The van der Waals surface area contributed by atoms with Gasteiger partial charge >= 0.3 is 12.1 Å². The standard InChI is InChI=1S/C16H18N2O6.CH5N/c1-16(2,3)23-15(22)17-11-6-4-10(5-7-11)14(21)24-18-12(19)8-9-13(18)20;1-2/h4-7H,8-9H2,1-3H3,(H,17,22);2H2,1H3. The molecule has 0 saturated carbocycles. The van der Waals surface area contributed by atoms with Crippen LogP contribution >= 0.6 is 0 Å². The number of hydrogen-bond donors (Lipinski definition) is 2. The second-order valence-electron chi connectivity index (χ2n) is 6.16. The lowest BCUT2D eigenvalue weighted by molar-refractivity contribution is -0.172. The monoisotopic (exact) mass is 365 g/mol. The molecule has 1 aliphatic rings. The quantitative estimate of drug-likeness (QED) is 0.782. The van der Waals surface area contributed by atoms with Crippen LogP contribution in [0.4, 0.5) is 10.5 Å². The molecular formula is C17H23N3O6. The third kappa shape index (κ3) is 6.17. The molecule has 0 bridgehead atoms. The number of hydroxylamine groups is 2. The van der Waals surface area contributed by atoms with Gasteiger partial charge in [-0.2, -0.15) is 0 Å². The van der Waals surface area contributed by atoms with Gasteiger partial charge < -0.3 is 15.3 Å². The third-order valence-corrected chi connectivity index (χ3v) is 2.95. The Labute approximate surface area is 151 Å². The zero-order chi connectivity index (χ0) is 19.9. The van der Waals surface area contributed by atoms with E-state index in [2.05, 4.69) is 11.1 Å². The molecule has 0 unspecified atom stereocenters. The normalized spacial score (nSPS) is 13.7. The van der Waals surface area contributed by atoms with E-state index in [-0.39, 0.29) is 18.4 Å². The van der Waals surface area contributed by atoms with Crippen LogP contribution in [0.25, 0.3) is 0 Å². The molecule has 9 heteroatoms. The van der Waals surface area contributed by atoms with Crippen LogP contribution in [0.3, 0.4) is 0 Å². The first-order chi connectivity index (χ1) is 12.2. The zero-order valence-electron chi connectivity index (χ0n) is 15.2. The Morgan fingerprint density at radius 2 is 1.54 bits per heavy atom. The van der Waals surface area contributed by atoms with Crippen molar-refractivity contribution in [2.45, 2.75) is 39.2 Å². The molecule has 142 valence electrons. The number of benzene rings is 1. The molecule has 1 aromatic rings. The molecule has 0 aliphatic carbocycles. The van der Waals surface area contributed by atoms with Gasteiger partial charge in [0, 0.05) is 18.5 Å². The van der Waals surface area contributed by atoms with Gasteiger partial charge in [-0.15, -0.1) is 5.06 Å². The maximum Gasteiger partial charge on any atom is 0.412 e. The number of nitrogens with two attached hydrogens (primary N) is 1. The topological polar surface area (TPSA) is 128 Å². The van der Waals surface area contributed by atoms with Crippen LogP contribution in [0.1, 0.15) is 44.0 Å². The van der Waals surface area contributed by atoms with Crippen LogP contribution < -0.4 is 11.1 Å². The number of carbonyl (C=O) groups is 4. The highest BCUT2D eigenvalue weighted by molar-refractivity contribution is 6.02. The molecule has 3 N–H and O–H groups in total. The first kappa shape index (κ1) is 21.1. The van der Waals surface area contributed by atoms with Crippen LogP contribution in [-0.2, 0) is 19.2 Å². The second-order valence-corrected chi connectivity index (χ2v) is 6.16. The second kappa shape index (κ2) is 8.95. The number of amides is 3. The predicted molar refractivity (Wildman–Crippen MR) is 92.9 cm³/mol. The molecule has 0 aromatic heterocycles. The van der Waals surface area contributed by atoms with Gasteiger partial charge in [-0.1, -0.05) is 0 Å². The number of hydrogen-bond acceptors (Lipinski definition) is 7. The first-order valence-electron chi connectivity index (χ1n) is 7.91. The van der Waals surface area contributed by atoms with Gasteiger partial charge in [-0.3, -0.25) is 14.9 Å². The molecule has 1 aromatic carbocycles. The van der Waals surface area contributed by atoms with E-state index >= 15 is 0 Å². The minimum atomic E-state index is -0.831. The van der Waals surface area contributed by atoms with E-state index in [9.17, 15) is 19.2 Å². The Balaban J connectivity index is 0.00000163. The SMILES string of the molecule is CC(C)(C)OC(=O)Nc1ccc(C(=O)ON2C(=O)CCC2=O)cc1.CN. The summed E-state index contributed by atoms with van der Waals surface area (Å²) in [5, 5.41) is 3.00. The summed E-state index contributed by atoms with van der Waals surface area (Å²) < 4.78 is 5.11. The third-order valence-electron chi connectivity index (χ3n) is 2.95. The molecule has 9 nitrogen and oxygen atoms in total. The molecule has 26 heavy (non-hydrogen) atoms.